The molecular weight excluding hydrogens is 528 g/mol. The highest BCUT2D eigenvalue weighted by Crippen LogP contribution is 2.28. The predicted molar refractivity (Wildman–Crippen MR) is 154 cm³/mol. The summed E-state index contributed by atoms with van der Waals surface area (Å²) in [6.07, 6.45) is 0. The Bertz CT molecular complexity index is 1520. The van der Waals surface area contributed by atoms with Gasteiger partial charge in [0.2, 0.25) is 10.0 Å². The molecule has 1 aliphatic rings. The normalized spacial score (nSPS) is 15.1. The maximum absolute atomic E-state index is 13.1. The highest BCUT2D eigenvalue weighted by Gasteiger charge is 2.24. The van der Waals surface area contributed by atoms with Crippen molar-refractivity contribution in [2.45, 2.75) is 31.3 Å². The van der Waals surface area contributed by atoms with E-state index in [0.717, 1.165) is 31.9 Å². The molecule has 0 spiro atoms. The first-order chi connectivity index (χ1) is 19.3. The van der Waals surface area contributed by atoms with Crippen molar-refractivity contribution in [1.29, 1.82) is 0 Å². The average Bonchev–Trinajstić information content (AvgIpc) is 3.37. The number of hydrogen-bond donors (Lipinski definition) is 1. The monoisotopic (exact) mass is 562 g/mol. The molecule has 1 N–H and O–H groups in total. The second-order valence-electron chi connectivity index (χ2n) is 9.70. The minimum Gasteiger partial charge on any atom is -0.457 e. The minimum absolute atomic E-state index is 0.125. The first-order valence-electron chi connectivity index (χ1n) is 13.3. The van der Waals surface area contributed by atoms with Gasteiger partial charge in [0.1, 0.15) is 17.2 Å². The number of rotatable bonds is 10. The van der Waals surface area contributed by atoms with Crippen LogP contribution in [0.1, 0.15) is 25.7 Å². The van der Waals surface area contributed by atoms with Gasteiger partial charge < -0.3 is 19.3 Å². The van der Waals surface area contributed by atoms with Crippen molar-refractivity contribution in [3.05, 3.63) is 84.7 Å². The zero-order valence-corrected chi connectivity index (χ0v) is 23.7. The molecule has 3 aromatic carbocycles. The predicted octanol–water partition coefficient (Wildman–Crippen LogP) is 4.67. The lowest BCUT2D eigenvalue weighted by atomic mass is 10.2. The Kier molecular flexibility index (Phi) is 8.34. The number of sulfonamides is 1. The second kappa shape index (κ2) is 12.1. The van der Waals surface area contributed by atoms with E-state index in [-0.39, 0.29) is 4.90 Å². The van der Waals surface area contributed by atoms with Crippen LogP contribution in [0.3, 0.4) is 0 Å². The van der Waals surface area contributed by atoms with Crippen molar-refractivity contribution >= 4 is 15.7 Å². The summed E-state index contributed by atoms with van der Waals surface area (Å²) in [6.45, 7) is 8.11. The third-order valence-corrected chi connectivity index (χ3v) is 8.35. The summed E-state index contributed by atoms with van der Waals surface area (Å²) in [5.74, 6) is 2.33. The molecule has 40 heavy (non-hydrogen) atoms. The molecule has 1 aliphatic heterocycles. The number of piperazine rings is 1. The number of para-hydroxylation sites is 1. The fourth-order valence-electron chi connectivity index (χ4n) is 4.57. The summed E-state index contributed by atoms with van der Waals surface area (Å²) in [4.78, 5) is 4.77. The van der Waals surface area contributed by atoms with Crippen molar-refractivity contribution in [3.63, 3.8) is 0 Å². The highest BCUT2D eigenvalue weighted by atomic mass is 32.2. The van der Waals surface area contributed by atoms with Gasteiger partial charge in [0.05, 0.1) is 10.9 Å². The van der Waals surface area contributed by atoms with Gasteiger partial charge in [-0.15, -0.1) is 5.10 Å². The van der Waals surface area contributed by atoms with Crippen LogP contribution in [0.2, 0.25) is 0 Å². The SMILES string of the molecule is CCn1c(Oc2cccc(N3CCN(C)CC3)c2)nnc1[C@@H](C)NS(=O)(=O)c1ccc(Oc2ccccc2)cc1. The number of likely N-dealkylation sites (N-methyl/N-ethyl adjacent to an activating group) is 1. The van der Waals surface area contributed by atoms with Crippen LogP contribution in [0.5, 0.6) is 23.3 Å². The smallest absolute Gasteiger partial charge is 0.322 e. The molecule has 1 aromatic heterocycles. The maximum atomic E-state index is 13.1. The Balaban J connectivity index is 1.27. The molecule has 2 heterocycles. The second-order valence-corrected chi connectivity index (χ2v) is 11.4. The lowest BCUT2D eigenvalue weighted by Crippen LogP contribution is -2.44. The summed E-state index contributed by atoms with van der Waals surface area (Å²) in [7, 11) is -1.70. The topological polar surface area (TPSA) is 102 Å². The molecule has 5 rings (SSSR count). The van der Waals surface area contributed by atoms with Gasteiger partial charge in [-0.25, -0.2) is 13.1 Å². The van der Waals surface area contributed by atoms with Crippen LogP contribution in [0.15, 0.2) is 83.8 Å². The van der Waals surface area contributed by atoms with Crippen LogP contribution in [0.25, 0.3) is 0 Å². The van der Waals surface area contributed by atoms with Crippen LogP contribution >= 0.6 is 0 Å². The molecule has 4 aromatic rings. The van der Waals surface area contributed by atoms with Gasteiger partial charge in [0.25, 0.3) is 0 Å². The zero-order chi connectivity index (χ0) is 28.1. The van der Waals surface area contributed by atoms with E-state index < -0.39 is 16.1 Å². The van der Waals surface area contributed by atoms with Crippen LogP contribution in [-0.4, -0.2) is 61.3 Å². The summed E-state index contributed by atoms with van der Waals surface area (Å²) in [5.41, 5.74) is 1.09. The standard InChI is InChI=1S/C29H34N6O4S/c1-4-35-28(30-31-29(35)39-26-12-8-9-23(21-26)34-19-17-33(3)18-20-34)22(2)32-40(36,37)27-15-13-25(14-16-27)38-24-10-6-5-7-11-24/h5-16,21-22,32H,4,17-20H2,1-3H3/t22-/m1/s1. The Morgan fingerprint density at radius 2 is 1.52 bits per heavy atom. The number of benzene rings is 3. The Hall–Kier alpha value is -3.93. The van der Waals surface area contributed by atoms with Crippen LogP contribution in [0, 0.1) is 0 Å². The molecule has 0 aliphatic carbocycles. The van der Waals surface area contributed by atoms with E-state index in [1.807, 2.05) is 55.5 Å². The molecule has 1 saturated heterocycles. The van der Waals surface area contributed by atoms with Gasteiger partial charge in [-0.05, 0) is 69.4 Å². The first-order valence-corrected chi connectivity index (χ1v) is 14.8. The van der Waals surface area contributed by atoms with Crippen LogP contribution in [0.4, 0.5) is 5.69 Å². The highest BCUT2D eigenvalue weighted by molar-refractivity contribution is 7.89. The minimum atomic E-state index is -3.83. The molecule has 0 saturated carbocycles. The third kappa shape index (κ3) is 6.44. The maximum Gasteiger partial charge on any atom is 0.322 e. The van der Waals surface area contributed by atoms with E-state index in [1.54, 1.807) is 23.6 Å². The number of anilines is 1. The van der Waals surface area contributed by atoms with Gasteiger partial charge in [-0.2, -0.15) is 0 Å². The van der Waals surface area contributed by atoms with Gasteiger partial charge >= 0.3 is 6.01 Å². The molecule has 10 nitrogen and oxygen atoms in total. The van der Waals surface area contributed by atoms with Gasteiger partial charge in [0, 0.05) is 44.5 Å². The van der Waals surface area contributed by atoms with E-state index in [2.05, 4.69) is 37.8 Å². The van der Waals surface area contributed by atoms with Crippen LogP contribution < -0.4 is 19.1 Å². The number of aromatic nitrogens is 3. The summed E-state index contributed by atoms with van der Waals surface area (Å²) in [5, 5.41) is 8.50. The van der Waals surface area contributed by atoms with Crippen molar-refractivity contribution in [2.24, 2.45) is 0 Å². The van der Waals surface area contributed by atoms with E-state index in [1.165, 1.54) is 12.1 Å². The molecule has 1 fully saturated rings. The molecule has 210 valence electrons. The molecule has 11 heteroatoms. The number of nitrogens with one attached hydrogen (secondary N) is 1. The molecule has 1 atom stereocenters. The Morgan fingerprint density at radius 3 is 2.23 bits per heavy atom. The zero-order valence-electron chi connectivity index (χ0n) is 22.9. The average molecular weight is 563 g/mol. The fraction of sp³-hybridized carbons (Fsp3) is 0.310. The van der Waals surface area contributed by atoms with Gasteiger partial charge in [-0.1, -0.05) is 29.4 Å². The summed E-state index contributed by atoms with van der Waals surface area (Å²) >= 11 is 0. The third-order valence-electron chi connectivity index (χ3n) is 6.79. The van der Waals surface area contributed by atoms with Gasteiger partial charge in [0.15, 0.2) is 5.82 Å². The lowest BCUT2D eigenvalue weighted by Gasteiger charge is -2.34. The summed E-state index contributed by atoms with van der Waals surface area (Å²) in [6, 6.07) is 23.2. The largest absolute Gasteiger partial charge is 0.457 e. The number of nitrogens with zero attached hydrogens (tertiary/aromatic N) is 5. The molecule has 0 radical (unpaired) electrons. The van der Waals surface area contributed by atoms with E-state index in [4.69, 9.17) is 9.47 Å². The quantitative estimate of drug-likeness (QED) is 0.298. The Labute approximate surface area is 235 Å². The molecule has 0 unspecified atom stereocenters. The molecule has 0 amide bonds. The van der Waals surface area contributed by atoms with Crippen molar-refractivity contribution < 1.29 is 17.9 Å². The lowest BCUT2D eigenvalue weighted by molar-refractivity contribution is 0.312. The number of ether oxygens (including phenoxy) is 2. The van der Waals surface area contributed by atoms with E-state index in [9.17, 15) is 8.42 Å². The van der Waals surface area contributed by atoms with E-state index in [0.29, 0.717) is 35.6 Å². The van der Waals surface area contributed by atoms with Crippen molar-refractivity contribution in [1.82, 2.24) is 24.4 Å². The fourth-order valence-corrected chi connectivity index (χ4v) is 5.77. The molecular formula is C29H34N6O4S. The number of hydrogen-bond acceptors (Lipinski definition) is 8. The molecule has 0 bridgehead atoms. The first kappa shape index (κ1) is 27.6. The van der Waals surface area contributed by atoms with Crippen molar-refractivity contribution in [2.75, 3.05) is 38.1 Å². The van der Waals surface area contributed by atoms with E-state index >= 15 is 0 Å². The Morgan fingerprint density at radius 1 is 0.850 bits per heavy atom. The van der Waals surface area contributed by atoms with Crippen LogP contribution in [-0.2, 0) is 16.6 Å². The van der Waals surface area contributed by atoms with Crippen molar-refractivity contribution in [3.8, 4) is 23.3 Å². The van der Waals surface area contributed by atoms with Gasteiger partial charge in [-0.3, -0.25) is 4.57 Å². The summed E-state index contributed by atoms with van der Waals surface area (Å²) < 4.78 is 42.7.